The van der Waals surface area contributed by atoms with E-state index in [1.807, 2.05) is 41.5 Å². The van der Waals surface area contributed by atoms with Gasteiger partial charge in [0.2, 0.25) is 17.3 Å². The Morgan fingerprint density at radius 2 is 0.512 bits per heavy atom. The van der Waals surface area contributed by atoms with Crippen LogP contribution >= 0.6 is 0 Å². The van der Waals surface area contributed by atoms with Gasteiger partial charge in [-0.05, 0) is 184 Å². The topological polar surface area (TPSA) is 246 Å². The largest absolute Gasteiger partial charge is 0.494 e. The number of rotatable bonds is 30. The molecule has 1 saturated carbocycles. The minimum absolute atomic E-state index is 0.222. The molecule has 3 N–H and O–H groups in total. The maximum Gasteiger partial charge on any atom is 0.339 e. The van der Waals surface area contributed by atoms with E-state index in [2.05, 4.69) is 0 Å². The zero-order chi connectivity index (χ0) is 60.4. The van der Waals surface area contributed by atoms with Gasteiger partial charge in [-0.25, -0.2) is 14.4 Å². The van der Waals surface area contributed by atoms with E-state index in [0.29, 0.717) is 69.0 Å². The summed E-state index contributed by atoms with van der Waals surface area (Å²) in [5.74, 6) is -7.83. The third-order valence-electron chi connectivity index (χ3n) is 13.7. The fraction of sp³-hybridized carbons (Fsp3) is 0.364. The van der Waals surface area contributed by atoms with Gasteiger partial charge in [-0.3, -0.25) is 14.4 Å². The first-order valence-electron chi connectivity index (χ1n) is 28.3. The molecule has 0 unspecified atom stereocenters. The lowest BCUT2D eigenvalue weighted by Crippen LogP contribution is -2.91. The lowest BCUT2D eigenvalue weighted by atomic mass is 9.52. The average Bonchev–Trinajstić information content (AvgIpc) is 0.679. The lowest BCUT2D eigenvalue weighted by Gasteiger charge is -2.60. The highest BCUT2D eigenvalue weighted by Crippen LogP contribution is 2.56. The van der Waals surface area contributed by atoms with E-state index in [9.17, 15) is 15.3 Å². The Bertz CT molecular complexity index is 3010. The molecule has 0 saturated heterocycles. The molecule has 0 aromatic heterocycles. The van der Waals surface area contributed by atoms with E-state index in [4.69, 9.17) is 42.6 Å². The van der Waals surface area contributed by atoms with Crippen molar-refractivity contribution >= 4 is 35.3 Å². The summed E-state index contributed by atoms with van der Waals surface area (Å²) in [5.41, 5.74) is -14.9. The van der Waals surface area contributed by atoms with E-state index >= 15 is 28.8 Å². The molecule has 0 heterocycles. The second-order valence-electron chi connectivity index (χ2n) is 19.9. The zero-order valence-corrected chi connectivity index (χ0v) is 48.0. The maximum absolute atomic E-state index is 17.2. The Hall–Kier alpha value is -8.58. The maximum atomic E-state index is 17.2. The van der Waals surface area contributed by atoms with Crippen molar-refractivity contribution in [2.45, 2.75) is 115 Å². The molecule has 6 aromatic rings. The van der Waals surface area contributed by atoms with Crippen LogP contribution in [0.2, 0.25) is 0 Å². The van der Waals surface area contributed by atoms with Crippen molar-refractivity contribution < 1.29 is 86.7 Å². The van der Waals surface area contributed by atoms with Gasteiger partial charge in [-0.15, -0.1) is 0 Å². The number of esters is 3. The first-order chi connectivity index (χ1) is 40.6. The molecular weight excluding hydrogens is 1080 g/mol. The molecule has 0 aliphatic heterocycles. The van der Waals surface area contributed by atoms with Crippen molar-refractivity contribution in [3.63, 3.8) is 0 Å². The number of ether oxygens (including phenoxy) is 9. The first kappa shape index (κ1) is 63.0. The van der Waals surface area contributed by atoms with Crippen LogP contribution in [0.3, 0.4) is 0 Å². The number of carbonyl (C=O) groups excluding carboxylic acids is 6. The molecule has 0 amide bonds. The second-order valence-corrected chi connectivity index (χ2v) is 19.9. The van der Waals surface area contributed by atoms with E-state index in [1.54, 1.807) is 0 Å². The summed E-state index contributed by atoms with van der Waals surface area (Å²) in [6.07, 6.45) is -5.40. The summed E-state index contributed by atoms with van der Waals surface area (Å²) in [5, 5.41) is 39.4. The van der Waals surface area contributed by atoms with Crippen LogP contribution < -0.4 is 28.4 Å². The second kappa shape index (κ2) is 29.1. The summed E-state index contributed by atoms with van der Waals surface area (Å²) in [7, 11) is 0. The van der Waals surface area contributed by atoms with E-state index in [1.165, 1.54) is 146 Å². The summed E-state index contributed by atoms with van der Waals surface area (Å²) in [6.45, 7) is 12.9. The lowest BCUT2D eigenvalue weighted by molar-refractivity contribution is -0.293. The first-order valence-corrected chi connectivity index (χ1v) is 28.3. The molecule has 6 aromatic carbocycles. The molecule has 0 bridgehead atoms. The van der Waals surface area contributed by atoms with Crippen LogP contribution in [0.25, 0.3) is 0 Å². The smallest absolute Gasteiger partial charge is 0.339 e. The van der Waals surface area contributed by atoms with Gasteiger partial charge in [0, 0.05) is 16.7 Å². The molecular formula is C66H72O18. The van der Waals surface area contributed by atoms with Gasteiger partial charge >= 0.3 is 17.9 Å². The number of aliphatic hydroxyl groups is 3. The Labute approximate surface area is 488 Å². The van der Waals surface area contributed by atoms with Crippen molar-refractivity contribution in [1.82, 2.24) is 0 Å². The van der Waals surface area contributed by atoms with E-state index < -0.39 is 92.6 Å². The average molecular weight is 1150 g/mol. The zero-order valence-electron chi connectivity index (χ0n) is 48.0. The van der Waals surface area contributed by atoms with Crippen molar-refractivity contribution in [3.05, 3.63) is 179 Å². The SMILES string of the molecule is CCCOc1ccc(C(=O)O[C@@]2(C(=O)c3ccc(OCCC)cc3)[C@@](OC(=O)c3ccc(OCCC)cc3)(C(=O)c3ccc(OCCC)cc3)[C@@H](O)[C@H](O)[C@@H](O)[C@@]2(OC(=O)c2ccc(OCCC)cc2)C(=O)c2ccc(OCCC)cc2)cc1. The number of hydrogen-bond donors (Lipinski definition) is 3. The van der Waals surface area contributed by atoms with Crippen LogP contribution in [-0.2, 0) is 14.2 Å². The Morgan fingerprint density at radius 3 is 0.738 bits per heavy atom. The van der Waals surface area contributed by atoms with Crippen LogP contribution in [0.15, 0.2) is 146 Å². The van der Waals surface area contributed by atoms with Crippen LogP contribution in [0.4, 0.5) is 0 Å². The molecule has 6 atom stereocenters. The number of aliphatic hydroxyl groups excluding tert-OH is 3. The van der Waals surface area contributed by atoms with E-state index in [0.717, 1.165) is 0 Å². The monoisotopic (exact) mass is 1150 g/mol. The Kier molecular flexibility index (Phi) is 21.8. The highest BCUT2D eigenvalue weighted by Gasteiger charge is 2.88. The van der Waals surface area contributed by atoms with Gasteiger partial charge in [-0.1, -0.05) is 41.5 Å². The highest BCUT2D eigenvalue weighted by atomic mass is 16.7. The number of Topliss-reactive ketones (excluding diaryl/α,β-unsaturated/α-hetero) is 3. The molecule has 444 valence electrons. The normalized spacial score (nSPS) is 19.9. The molecule has 1 aliphatic rings. The van der Waals surface area contributed by atoms with E-state index in [-0.39, 0.29) is 54.8 Å². The van der Waals surface area contributed by atoms with Crippen LogP contribution in [-0.4, -0.2) is 125 Å². The molecule has 0 spiro atoms. The molecule has 1 aliphatic carbocycles. The third kappa shape index (κ3) is 13.3. The fourth-order valence-electron chi connectivity index (χ4n) is 9.56. The summed E-state index contributed by atoms with van der Waals surface area (Å²) in [4.78, 5) is 97.4. The van der Waals surface area contributed by atoms with Gasteiger partial charge < -0.3 is 58.0 Å². The predicted molar refractivity (Wildman–Crippen MR) is 309 cm³/mol. The van der Waals surface area contributed by atoms with Crippen molar-refractivity contribution in [2.24, 2.45) is 0 Å². The number of carbonyl (C=O) groups is 6. The summed E-state index contributed by atoms with van der Waals surface area (Å²) in [6, 6.07) is 31.0. The quantitative estimate of drug-likeness (QED) is 0.0216. The van der Waals surface area contributed by atoms with Gasteiger partial charge in [0.1, 0.15) is 52.8 Å². The predicted octanol–water partition coefficient (Wildman–Crippen LogP) is 10.3. The molecule has 18 heteroatoms. The van der Waals surface area contributed by atoms with Crippen LogP contribution in [0.1, 0.15) is 142 Å². The fourth-order valence-corrected chi connectivity index (χ4v) is 9.56. The Morgan fingerprint density at radius 1 is 0.310 bits per heavy atom. The molecule has 84 heavy (non-hydrogen) atoms. The standard InChI is InChI=1S/C66H72O18/c1-7-37-76-49-25-13-43(14-26-49)56(68)64(82-61(73)46-19-31-52(32-20-46)79-40-10-4)59(71)55(67)60(72)65(57(69)44-15-27-50(28-16-44)77-38-8-2,83-62(74)47-21-33-53(34-22-47)80-41-11-5)66(64,58(70)45-17-29-51(30-18-45)78-39-9-3)84-63(75)48-23-35-54(36-24-48)81-42-12-6/h13-36,55,59-60,67,71-72H,7-12,37-42H2,1-6H3/t55-,59-,60+,64+,65-,66-. The van der Waals surface area contributed by atoms with Crippen molar-refractivity contribution in [2.75, 3.05) is 39.6 Å². The van der Waals surface area contributed by atoms with Gasteiger partial charge in [0.25, 0.3) is 16.8 Å². The van der Waals surface area contributed by atoms with Crippen molar-refractivity contribution in [3.8, 4) is 34.5 Å². The molecule has 18 nitrogen and oxygen atoms in total. The van der Waals surface area contributed by atoms with Gasteiger partial charge in [-0.2, -0.15) is 0 Å². The Balaban J connectivity index is 1.68. The number of hydrogen-bond acceptors (Lipinski definition) is 18. The summed E-state index contributed by atoms with van der Waals surface area (Å²) >= 11 is 0. The van der Waals surface area contributed by atoms with Crippen molar-refractivity contribution in [1.29, 1.82) is 0 Å². The number of ketones is 3. The molecule has 0 radical (unpaired) electrons. The van der Waals surface area contributed by atoms with Crippen LogP contribution in [0.5, 0.6) is 34.5 Å². The summed E-state index contributed by atoms with van der Waals surface area (Å²) < 4.78 is 54.6. The molecule has 7 rings (SSSR count). The number of benzene rings is 6. The van der Waals surface area contributed by atoms with Crippen LogP contribution in [0, 0.1) is 0 Å². The third-order valence-corrected chi connectivity index (χ3v) is 13.7. The minimum Gasteiger partial charge on any atom is -0.494 e. The molecule has 1 fully saturated rings. The van der Waals surface area contributed by atoms with Gasteiger partial charge in [0.15, 0.2) is 0 Å². The minimum atomic E-state index is -4.18. The van der Waals surface area contributed by atoms with Gasteiger partial charge in [0.05, 0.1) is 56.3 Å². The highest BCUT2D eigenvalue weighted by molar-refractivity contribution is 6.21.